The predicted molar refractivity (Wildman–Crippen MR) is 111 cm³/mol. The number of nitriles is 1. The lowest BCUT2D eigenvalue weighted by atomic mass is 10.1. The molecule has 0 aliphatic carbocycles. The van der Waals surface area contributed by atoms with Crippen LogP contribution in [-0.4, -0.2) is 56.8 Å². The molecule has 1 aromatic carbocycles. The zero-order valence-electron chi connectivity index (χ0n) is 14.8. The van der Waals surface area contributed by atoms with Gasteiger partial charge in [0, 0.05) is 26.2 Å². The molecule has 2 N–H and O–H groups in total. The average molecular weight is 457 g/mol. The summed E-state index contributed by atoms with van der Waals surface area (Å²) < 4.78 is 5.36. The smallest absolute Gasteiger partial charge is 0.191 e. The van der Waals surface area contributed by atoms with Crippen LogP contribution in [0.15, 0.2) is 29.3 Å². The van der Waals surface area contributed by atoms with Gasteiger partial charge >= 0.3 is 0 Å². The van der Waals surface area contributed by atoms with Crippen LogP contribution in [0, 0.1) is 11.3 Å². The summed E-state index contributed by atoms with van der Waals surface area (Å²) in [4.78, 5) is 7.04. The van der Waals surface area contributed by atoms with Crippen molar-refractivity contribution in [2.75, 3.05) is 45.9 Å². The number of benzene rings is 1. The molecule has 1 fully saturated rings. The molecule has 0 bridgehead atoms. The van der Waals surface area contributed by atoms with Crippen LogP contribution in [0.3, 0.4) is 0 Å². The number of nitrogens with one attached hydrogen (secondary N) is 2. The second-order valence-electron chi connectivity index (χ2n) is 5.74. The van der Waals surface area contributed by atoms with Gasteiger partial charge in [-0.3, -0.25) is 4.90 Å². The zero-order chi connectivity index (χ0) is 17.0. The fraction of sp³-hybridized carbons (Fsp3) is 0.556. The lowest BCUT2D eigenvalue weighted by Gasteiger charge is -2.26. The Kier molecular flexibility index (Phi) is 11.2. The molecule has 7 heteroatoms. The van der Waals surface area contributed by atoms with Gasteiger partial charge in [-0.15, -0.1) is 24.0 Å². The van der Waals surface area contributed by atoms with E-state index in [4.69, 9.17) is 10.00 Å². The van der Waals surface area contributed by atoms with E-state index in [9.17, 15) is 0 Å². The number of aliphatic imine (C=N–C) groups is 1. The van der Waals surface area contributed by atoms with E-state index >= 15 is 0 Å². The van der Waals surface area contributed by atoms with Crippen molar-refractivity contribution in [2.24, 2.45) is 4.99 Å². The number of hydrogen-bond acceptors (Lipinski definition) is 4. The lowest BCUT2D eigenvalue weighted by Crippen LogP contribution is -2.40. The van der Waals surface area contributed by atoms with E-state index in [1.165, 1.54) is 0 Å². The average Bonchev–Trinajstić information content (AvgIpc) is 2.64. The van der Waals surface area contributed by atoms with Crippen molar-refractivity contribution in [1.29, 1.82) is 5.26 Å². The Hall–Kier alpha value is -1.37. The summed E-state index contributed by atoms with van der Waals surface area (Å²) in [5, 5.41) is 15.5. The van der Waals surface area contributed by atoms with Gasteiger partial charge in [0.15, 0.2) is 5.96 Å². The van der Waals surface area contributed by atoms with Gasteiger partial charge in [-0.25, -0.2) is 4.99 Å². The molecular weight excluding hydrogens is 429 g/mol. The van der Waals surface area contributed by atoms with Gasteiger partial charge in [-0.2, -0.15) is 5.26 Å². The molecule has 0 saturated carbocycles. The summed E-state index contributed by atoms with van der Waals surface area (Å²) in [7, 11) is 0. The third kappa shape index (κ3) is 8.52. The first-order valence-corrected chi connectivity index (χ1v) is 8.63. The van der Waals surface area contributed by atoms with Crippen molar-refractivity contribution in [1.82, 2.24) is 15.5 Å². The van der Waals surface area contributed by atoms with Gasteiger partial charge in [0.05, 0.1) is 31.4 Å². The Bertz CT molecular complexity index is 550. The Morgan fingerprint density at radius 3 is 2.60 bits per heavy atom. The molecule has 1 aliphatic rings. The number of morpholine rings is 1. The summed E-state index contributed by atoms with van der Waals surface area (Å²) >= 11 is 0. The fourth-order valence-corrected chi connectivity index (χ4v) is 2.53. The van der Waals surface area contributed by atoms with E-state index < -0.39 is 0 Å². The van der Waals surface area contributed by atoms with E-state index in [-0.39, 0.29) is 24.0 Å². The molecule has 6 nitrogen and oxygen atoms in total. The molecule has 1 aliphatic heterocycles. The third-order valence-corrected chi connectivity index (χ3v) is 3.89. The van der Waals surface area contributed by atoms with E-state index in [1.54, 1.807) is 0 Å². The molecule has 0 amide bonds. The molecule has 1 saturated heterocycles. The van der Waals surface area contributed by atoms with Crippen LogP contribution in [0.25, 0.3) is 0 Å². The minimum atomic E-state index is 0. The summed E-state index contributed by atoms with van der Waals surface area (Å²) in [6.45, 7) is 9.26. The van der Waals surface area contributed by atoms with Gasteiger partial charge in [-0.1, -0.05) is 12.1 Å². The molecule has 0 unspecified atom stereocenters. The highest BCUT2D eigenvalue weighted by molar-refractivity contribution is 14.0. The van der Waals surface area contributed by atoms with Crippen molar-refractivity contribution >= 4 is 29.9 Å². The highest BCUT2D eigenvalue weighted by Crippen LogP contribution is 2.04. The van der Waals surface area contributed by atoms with Crippen LogP contribution in [0.5, 0.6) is 0 Å². The topological polar surface area (TPSA) is 72.7 Å². The summed E-state index contributed by atoms with van der Waals surface area (Å²) in [6, 6.07) is 9.68. The van der Waals surface area contributed by atoms with E-state index in [0.29, 0.717) is 12.1 Å². The number of halogens is 1. The zero-order valence-corrected chi connectivity index (χ0v) is 17.2. The lowest BCUT2D eigenvalue weighted by molar-refractivity contribution is 0.0376. The van der Waals surface area contributed by atoms with Gasteiger partial charge in [0.25, 0.3) is 0 Å². The van der Waals surface area contributed by atoms with Crippen molar-refractivity contribution in [3.05, 3.63) is 35.4 Å². The maximum absolute atomic E-state index is 8.82. The van der Waals surface area contributed by atoms with E-state index in [0.717, 1.165) is 63.9 Å². The molecule has 0 radical (unpaired) electrons. The summed E-state index contributed by atoms with van der Waals surface area (Å²) in [5.74, 6) is 0.837. The van der Waals surface area contributed by atoms with Gasteiger partial charge in [0.2, 0.25) is 0 Å². The van der Waals surface area contributed by atoms with E-state index in [2.05, 4.69) is 33.5 Å². The number of guanidine groups is 1. The second-order valence-corrected chi connectivity index (χ2v) is 5.74. The number of rotatable bonds is 7. The van der Waals surface area contributed by atoms with Crippen molar-refractivity contribution < 1.29 is 4.74 Å². The minimum Gasteiger partial charge on any atom is -0.379 e. The minimum absolute atomic E-state index is 0. The van der Waals surface area contributed by atoms with Crippen LogP contribution in [-0.2, 0) is 11.3 Å². The largest absolute Gasteiger partial charge is 0.379 e. The SMILES string of the molecule is CCNC(=NCc1ccc(C#N)cc1)NCCCN1CCOCC1.I. The second kappa shape index (κ2) is 12.9. The van der Waals surface area contributed by atoms with Crippen LogP contribution < -0.4 is 10.6 Å². The van der Waals surface area contributed by atoms with Gasteiger partial charge < -0.3 is 15.4 Å². The molecule has 0 aromatic heterocycles. The third-order valence-electron chi connectivity index (χ3n) is 3.89. The summed E-state index contributed by atoms with van der Waals surface area (Å²) in [5.41, 5.74) is 1.77. The number of nitrogens with zero attached hydrogens (tertiary/aromatic N) is 3. The highest BCUT2D eigenvalue weighted by atomic mass is 127. The van der Waals surface area contributed by atoms with Gasteiger partial charge in [-0.05, 0) is 37.6 Å². The first-order chi connectivity index (χ1) is 11.8. The van der Waals surface area contributed by atoms with Crippen LogP contribution >= 0.6 is 24.0 Å². The number of ether oxygens (including phenoxy) is 1. The summed E-state index contributed by atoms with van der Waals surface area (Å²) in [6.07, 6.45) is 1.08. The Morgan fingerprint density at radius 1 is 1.24 bits per heavy atom. The Labute approximate surface area is 167 Å². The van der Waals surface area contributed by atoms with Crippen molar-refractivity contribution in [3.8, 4) is 6.07 Å². The van der Waals surface area contributed by atoms with Crippen LogP contribution in [0.2, 0.25) is 0 Å². The standard InChI is InChI=1S/C18H27N5O.HI/c1-2-20-18(21-8-3-9-23-10-12-24-13-11-23)22-15-17-6-4-16(14-19)5-7-17;/h4-7H,2-3,8-13,15H2,1H3,(H2,20,21,22);1H. The van der Waals surface area contributed by atoms with Crippen molar-refractivity contribution in [3.63, 3.8) is 0 Å². The molecule has 1 aromatic rings. The van der Waals surface area contributed by atoms with E-state index in [1.807, 2.05) is 24.3 Å². The molecule has 25 heavy (non-hydrogen) atoms. The fourth-order valence-electron chi connectivity index (χ4n) is 2.53. The molecule has 0 spiro atoms. The maximum atomic E-state index is 8.82. The van der Waals surface area contributed by atoms with Crippen molar-refractivity contribution in [2.45, 2.75) is 19.9 Å². The van der Waals surface area contributed by atoms with Crippen LogP contribution in [0.1, 0.15) is 24.5 Å². The molecular formula is C18H28IN5O. The highest BCUT2D eigenvalue weighted by Gasteiger charge is 2.09. The molecule has 138 valence electrons. The molecule has 1 heterocycles. The normalized spacial score (nSPS) is 15.1. The van der Waals surface area contributed by atoms with Crippen LogP contribution in [0.4, 0.5) is 0 Å². The quantitative estimate of drug-likeness (QED) is 0.284. The first-order valence-electron chi connectivity index (χ1n) is 8.63. The van der Waals surface area contributed by atoms with Gasteiger partial charge in [0.1, 0.15) is 0 Å². The molecule has 2 rings (SSSR count). The maximum Gasteiger partial charge on any atom is 0.191 e. The number of hydrogen-bond donors (Lipinski definition) is 2. The predicted octanol–water partition coefficient (Wildman–Crippen LogP) is 1.95. The first kappa shape index (κ1) is 21.7. The Morgan fingerprint density at radius 2 is 1.96 bits per heavy atom. The Balaban J connectivity index is 0.00000312. The monoisotopic (exact) mass is 457 g/mol. The molecule has 0 atom stereocenters.